The Bertz CT molecular complexity index is 1300. The number of carbonyl (C=O) groups is 1. The molecule has 4 heterocycles. The number of rotatable bonds is 4. The number of nitrogens with zero attached hydrogens (tertiary/aromatic N) is 5. The number of halogens is 6. The molecule has 0 saturated carbocycles. The second kappa shape index (κ2) is 10.4. The summed E-state index contributed by atoms with van der Waals surface area (Å²) in [7, 11) is 0. The second-order valence-corrected chi connectivity index (χ2v) is 12.4. The molecule has 1 aromatic heterocycles. The maximum Gasteiger partial charge on any atom is 0.417 e. The number of aromatic nitrogens is 2. The summed E-state index contributed by atoms with van der Waals surface area (Å²) >= 11 is 2.75. The topological polar surface area (TPSA) is 71.0 Å². The average molecular weight is 636 g/mol. The van der Waals surface area contributed by atoms with E-state index in [2.05, 4.69) is 25.9 Å². The lowest BCUT2D eigenvalue weighted by Gasteiger charge is -2.36. The van der Waals surface area contributed by atoms with E-state index in [4.69, 9.17) is 9.47 Å². The van der Waals surface area contributed by atoms with Gasteiger partial charge in [-0.1, -0.05) is 0 Å². The molecule has 0 N–H and O–H groups in total. The van der Waals surface area contributed by atoms with Crippen LogP contribution in [0.5, 0.6) is 6.01 Å². The zero-order chi connectivity index (χ0) is 29.0. The summed E-state index contributed by atoms with van der Waals surface area (Å²) < 4.78 is 81.5. The van der Waals surface area contributed by atoms with E-state index in [1.54, 1.807) is 25.7 Å². The van der Waals surface area contributed by atoms with Crippen LogP contribution >= 0.6 is 15.9 Å². The zero-order valence-corrected chi connectivity index (χ0v) is 24.0. The standard InChI is InChI=1S/C26H31BrF5N5O3/c1-24(2,3)40-23(38)36-9-7-35(8-10-36)21-16-11-17(26(30,31)32)18(27)19(29)20(16)33-22(34-21)39-14-25-5-4-6-37(25)13-15(28)12-25/h11,15H,4-10,12-14H2,1-3H3/t15-,25+/m1/s1. The summed E-state index contributed by atoms with van der Waals surface area (Å²) in [4.78, 5) is 26.3. The van der Waals surface area contributed by atoms with Crippen LogP contribution in [0, 0.1) is 5.82 Å². The molecule has 0 unspecified atom stereocenters. The van der Waals surface area contributed by atoms with Gasteiger partial charge in [-0.25, -0.2) is 13.6 Å². The third-order valence-electron chi connectivity index (χ3n) is 7.60. The molecule has 3 aliphatic heterocycles. The van der Waals surface area contributed by atoms with E-state index in [9.17, 15) is 22.4 Å². The van der Waals surface area contributed by atoms with E-state index in [1.165, 1.54) is 4.90 Å². The Hall–Kier alpha value is -2.48. The van der Waals surface area contributed by atoms with Gasteiger partial charge < -0.3 is 19.3 Å². The van der Waals surface area contributed by atoms with Crippen molar-refractivity contribution in [2.45, 2.75) is 63.5 Å². The van der Waals surface area contributed by atoms with Crippen LogP contribution in [0.1, 0.15) is 45.6 Å². The molecule has 40 heavy (non-hydrogen) atoms. The highest BCUT2D eigenvalue weighted by Crippen LogP contribution is 2.43. The van der Waals surface area contributed by atoms with E-state index in [1.807, 2.05) is 4.90 Å². The Kier molecular flexibility index (Phi) is 7.56. The van der Waals surface area contributed by atoms with Gasteiger partial charge in [-0.3, -0.25) is 4.90 Å². The lowest BCUT2D eigenvalue weighted by Crippen LogP contribution is -2.50. The van der Waals surface area contributed by atoms with Crippen molar-refractivity contribution in [3.63, 3.8) is 0 Å². The van der Waals surface area contributed by atoms with Gasteiger partial charge in [-0.05, 0) is 62.2 Å². The zero-order valence-electron chi connectivity index (χ0n) is 22.5. The first-order chi connectivity index (χ1) is 18.7. The molecule has 1 aromatic carbocycles. The van der Waals surface area contributed by atoms with Gasteiger partial charge in [0, 0.05) is 44.5 Å². The number of fused-ring (bicyclic) bond motifs is 2. The molecule has 0 spiro atoms. The van der Waals surface area contributed by atoms with Crippen molar-refractivity contribution in [1.29, 1.82) is 0 Å². The summed E-state index contributed by atoms with van der Waals surface area (Å²) in [6.07, 6.45) is -4.38. The molecular weight excluding hydrogens is 605 g/mol. The van der Waals surface area contributed by atoms with Gasteiger partial charge in [0.05, 0.1) is 15.6 Å². The normalized spacial score (nSPS) is 24.1. The number of ether oxygens (including phenoxy) is 2. The summed E-state index contributed by atoms with van der Waals surface area (Å²) in [5, 5.41) is -0.128. The van der Waals surface area contributed by atoms with Crippen molar-refractivity contribution in [2.24, 2.45) is 0 Å². The first-order valence-electron chi connectivity index (χ1n) is 13.2. The Balaban J connectivity index is 1.48. The SMILES string of the molecule is CC(C)(C)OC(=O)N1CCN(c2nc(OC[C@@]34CCCN3C[C@H](F)C4)nc3c(F)c(Br)c(C(F)(F)F)cc23)CC1. The fourth-order valence-electron chi connectivity index (χ4n) is 5.75. The lowest BCUT2D eigenvalue weighted by molar-refractivity contribution is -0.138. The first-order valence-corrected chi connectivity index (χ1v) is 14.0. The summed E-state index contributed by atoms with van der Waals surface area (Å²) in [6, 6.07) is 0.621. The van der Waals surface area contributed by atoms with Gasteiger partial charge in [0.25, 0.3) is 0 Å². The van der Waals surface area contributed by atoms with Crippen molar-refractivity contribution in [3.05, 3.63) is 21.9 Å². The van der Waals surface area contributed by atoms with E-state index in [0.717, 1.165) is 25.5 Å². The molecule has 220 valence electrons. The molecule has 3 saturated heterocycles. The van der Waals surface area contributed by atoms with Crippen molar-refractivity contribution < 1.29 is 36.2 Å². The number of hydrogen-bond acceptors (Lipinski definition) is 7. The minimum absolute atomic E-state index is 0.0660. The molecule has 1 amide bonds. The molecule has 8 nitrogen and oxygen atoms in total. The Labute approximate surface area is 236 Å². The maximum atomic E-state index is 15.4. The van der Waals surface area contributed by atoms with Crippen molar-refractivity contribution >= 4 is 38.7 Å². The van der Waals surface area contributed by atoms with Gasteiger partial charge >= 0.3 is 18.3 Å². The van der Waals surface area contributed by atoms with E-state index >= 15 is 4.39 Å². The predicted molar refractivity (Wildman–Crippen MR) is 141 cm³/mol. The first kappa shape index (κ1) is 29.0. The van der Waals surface area contributed by atoms with Gasteiger partial charge in [-0.15, -0.1) is 0 Å². The molecule has 0 aliphatic carbocycles. The Morgan fingerprint density at radius 2 is 1.85 bits per heavy atom. The monoisotopic (exact) mass is 635 g/mol. The summed E-state index contributed by atoms with van der Waals surface area (Å²) in [5.74, 6) is -1.12. The highest BCUT2D eigenvalue weighted by Gasteiger charge is 2.49. The van der Waals surface area contributed by atoms with E-state index < -0.39 is 45.4 Å². The van der Waals surface area contributed by atoms with Gasteiger partial charge in [0.15, 0.2) is 5.82 Å². The number of benzene rings is 1. The van der Waals surface area contributed by atoms with Crippen LogP contribution in [0.4, 0.5) is 32.6 Å². The molecule has 2 aromatic rings. The van der Waals surface area contributed by atoms with E-state index in [-0.39, 0.29) is 55.5 Å². The van der Waals surface area contributed by atoms with Crippen LogP contribution in [-0.4, -0.2) is 89.0 Å². The lowest BCUT2D eigenvalue weighted by atomic mass is 9.95. The Morgan fingerprint density at radius 3 is 2.50 bits per heavy atom. The predicted octanol–water partition coefficient (Wildman–Crippen LogP) is 5.56. The Morgan fingerprint density at radius 1 is 1.15 bits per heavy atom. The molecule has 2 atom stereocenters. The number of hydrogen-bond donors (Lipinski definition) is 0. The quantitative estimate of drug-likeness (QED) is 0.407. The van der Waals surface area contributed by atoms with Crippen molar-refractivity contribution in [2.75, 3.05) is 50.8 Å². The molecule has 0 bridgehead atoms. The van der Waals surface area contributed by atoms with Crippen LogP contribution in [0.2, 0.25) is 0 Å². The summed E-state index contributed by atoms with van der Waals surface area (Å²) in [5.41, 5.74) is -2.72. The largest absolute Gasteiger partial charge is 0.461 e. The molecular formula is C26H31BrF5N5O3. The number of piperazine rings is 1. The van der Waals surface area contributed by atoms with Crippen LogP contribution in [0.3, 0.4) is 0 Å². The fraction of sp³-hybridized carbons (Fsp3) is 0.654. The highest BCUT2D eigenvalue weighted by atomic mass is 79.9. The number of carbonyl (C=O) groups excluding carboxylic acids is 1. The van der Waals surface area contributed by atoms with Crippen molar-refractivity contribution in [3.8, 4) is 6.01 Å². The third kappa shape index (κ3) is 5.65. The smallest absolute Gasteiger partial charge is 0.417 e. The van der Waals surface area contributed by atoms with Gasteiger partial charge in [0.2, 0.25) is 0 Å². The molecule has 3 fully saturated rings. The van der Waals surface area contributed by atoms with Gasteiger partial charge in [0.1, 0.15) is 29.7 Å². The second-order valence-electron chi connectivity index (χ2n) is 11.6. The third-order valence-corrected chi connectivity index (χ3v) is 8.37. The number of anilines is 1. The highest BCUT2D eigenvalue weighted by molar-refractivity contribution is 9.10. The van der Waals surface area contributed by atoms with Crippen LogP contribution in [0.25, 0.3) is 10.9 Å². The van der Waals surface area contributed by atoms with Gasteiger partial charge in [-0.2, -0.15) is 23.1 Å². The fourth-order valence-corrected chi connectivity index (χ4v) is 6.28. The number of amides is 1. The van der Waals surface area contributed by atoms with Crippen LogP contribution < -0.4 is 9.64 Å². The molecule has 0 radical (unpaired) electrons. The summed E-state index contributed by atoms with van der Waals surface area (Å²) in [6.45, 7) is 7.27. The average Bonchev–Trinajstić information content (AvgIpc) is 3.38. The molecule has 5 rings (SSSR count). The van der Waals surface area contributed by atoms with Crippen molar-refractivity contribution in [1.82, 2.24) is 19.8 Å². The molecule has 14 heteroatoms. The van der Waals surface area contributed by atoms with Crippen LogP contribution in [-0.2, 0) is 10.9 Å². The maximum absolute atomic E-state index is 15.4. The number of alkyl halides is 4. The minimum atomic E-state index is -4.83. The van der Waals surface area contributed by atoms with E-state index in [0.29, 0.717) is 13.0 Å². The van der Waals surface area contributed by atoms with Crippen LogP contribution in [0.15, 0.2) is 10.5 Å². The molecule has 3 aliphatic rings. The minimum Gasteiger partial charge on any atom is -0.461 e.